The van der Waals surface area contributed by atoms with Crippen LogP contribution in [-0.2, 0) is 21.1 Å². The zero-order valence-corrected chi connectivity index (χ0v) is 14.9. The standard InChI is InChI=1S/C15H19N3O3S2/c1-10(2)14(19)16-15-18-17-13(22-15)8-9-23(20,21)12-6-4-11(3)5-7-12/h4-7,10H,8-9H2,1-3H3,(H,16,18,19). The number of hydrogen-bond acceptors (Lipinski definition) is 6. The van der Waals surface area contributed by atoms with Gasteiger partial charge in [-0.15, -0.1) is 10.2 Å². The largest absolute Gasteiger partial charge is 0.300 e. The smallest absolute Gasteiger partial charge is 0.228 e. The van der Waals surface area contributed by atoms with Crippen molar-refractivity contribution in [3.8, 4) is 0 Å². The molecule has 0 aliphatic rings. The number of hydrogen-bond donors (Lipinski definition) is 1. The maximum atomic E-state index is 12.3. The van der Waals surface area contributed by atoms with Crippen LogP contribution >= 0.6 is 11.3 Å². The molecule has 1 amide bonds. The van der Waals surface area contributed by atoms with E-state index in [9.17, 15) is 13.2 Å². The number of aromatic nitrogens is 2. The van der Waals surface area contributed by atoms with Crippen LogP contribution in [-0.4, -0.2) is 30.3 Å². The van der Waals surface area contributed by atoms with E-state index < -0.39 is 9.84 Å². The van der Waals surface area contributed by atoms with Gasteiger partial charge in [0.1, 0.15) is 5.01 Å². The van der Waals surface area contributed by atoms with Crippen LogP contribution in [0.5, 0.6) is 0 Å². The van der Waals surface area contributed by atoms with E-state index in [2.05, 4.69) is 15.5 Å². The van der Waals surface area contributed by atoms with Crippen molar-refractivity contribution in [3.05, 3.63) is 34.8 Å². The van der Waals surface area contributed by atoms with Gasteiger partial charge in [-0.3, -0.25) is 4.79 Å². The second-order valence-electron chi connectivity index (χ2n) is 5.53. The van der Waals surface area contributed by atoms with Crippen molar-refractivity contribution in [3.63, 3.8) is 0 Å². The van der Waals surface area contributed by atoms with E-state index in [1.807, 2.05) is 6.92 Å². The van der Waals surface area contributed by atoms with Gasteiger partial charge < -0.3 is 5.32 Å². The molecule has 0 unspecified atom stereocenters. The summed E-state index contributed by atoms with van der Waals surface area (Å²) in [5.74, 6) is -0.327. The Morgan fingerprint density at radius 1 is 1.22 bits per heavy atom. The lowest BCUT2D eigenvalue weighted by atomic mass is 10.2. The quantitative estimate of drug-likeness (QED) is 0.862. The fraction of sp³-hybridized carbons (Fsp3) is 0.400. The van der Waals surface area contributed by atoms with Crippen molar-refractivity contribution in [2.24, 2.45) is 5.92 Å². The van der Waals surface area contributed by atoms with Gasteiger partial charge in [0, 0.05) is 12.3 Å². The number of amides is 1. The third kappa shape index (κ3) is 4.84. The molecule has 1 heterocycles. The monoisotopic (exact) mass is 353 g/mol. The summed E-state index contributed by atoms with van der Waals surface area (Å²) < 4.78 is 24.6. The Morgan fingerprint density at radius 3 is 2.48 bits per heavy atom. The minimum atomic E-state index is -3.35. The Hall–Kier alpha value is -1.80. The summed E-state index contributed by atoms with van der Waals surface area (Å²) in [7, 11) is -3.35. The number of sulfone groups is 1. The molecule has 0 bridgehead atoms. The molecule has 2 aromatic rings. The summed E-state index contributed by atoms with van der Waals surface area (Å²) in [6, 6.07) is 6.77. The van der Waals surface area contributed by atoms with E-state index in [1.165, 1.54) is 11.3 Å². The van der Waals surface area contributed by atoms with Gasteiger partial charge in [0.15, 0.2) is 9.84 Å². The van der Waals surface area contributed by atoms with Gasteiger partial charge in [0.2, 0.25) is 11.0 Å². The highest BCUT2D eigenvalue weighted by molar-refractivity contribution is 7.91. The Labute approximate surface area is 139 Å². The number of carbonyl (C=O) groups excluding carboxylic acids is 1. The number of benzene rings is 1. The fourth-order valence-corrected chi connectivity index (χ4v) is 3.86. The topological polar surface area (TPSA) is 89.0 Å². The minimum absolute atomic E-state index is 0.0389. The molecule has 0 saturated heterocycles. The molecule has 0 atom stereocenters. The van der Waals surface area contributed by atoms with Crippen LogP contribution in [0.1, 0.15) is 24.4 Å². The molecular weight excluding hydrogens is 334 g/mol. The predicted octanol–water partition coefficient (Wildman–Crippen LogP) is 2.46. The van der Waals surface area contributed by atoms with Gasteiger partial charge in [-0.1, -0.05) is 42.9 Å². The summed E-state index contributed by atoms with van der Waals surface area (Å²) in [5, 5.41) is 11.4. The van der Waals surface area contributed by atoms with Crippen molar-refractivity contribution in [1.29, 1.82) is 0 Å². The highest BCUT2D eigenvalue weighted by Gasteiger charge is 2.16. The molecule has 0 fully saturated rings. The highest BCUT2D eigenvalue weighted by atomic mass is 32.2. The van der Waals surface area contributed by atoms with E-state index in [4.69, 9.17) is 0 Å². The van der Waals surface area contributed by atoms with Crippen LogP contribution in [0.15, 0.2) is 29.2 Å². The molecule has 6 nitrogen and oxygen atoms in total. The molecule has 23 heavy (non-hydrogen) atoms. The lowest BCUT2D eigenvalue weighted by Gasteiger charge is -2.03. The minimum Gasteiger partial charge on any atom is -0.300 e. The van der Waals surface area contributed by atoms with Crippen molar-refractivity contribution in [2.45, 2.75) is 32.1 Å². The predicted molar refractivity (Wildman–Crippen MR) is 90.3 cm³/mol. The molecule has 1 N–H and O–H groups in total. The van der Waals surface area contributed by atoms with Gasteiger partial charge in [-0.25, -0.2) is 8.42 Å². The summed E-state index contributed by atoms with van der Waals surface area (Å²) >= 11 is 1.20. The van der Waals surface area contributed by atoms with Gasteiger partial charge in [0.25, 0.3) is 0 Å². The zero-order chi connectivity index (χ0) is 17.0. The van der Waals surface area contributed by atoms with E-state index in [-0.39, 0.29) is 24.0 Å². The summed E-state index contributed by atoms with van der Waals surface area (Å²) in [6.45, 7) is 5.47. The first-order valence-corrected chi connectivity index (χ1v) is 9.67. The lowest BCUT2D eigenvalue weighted by Crippen LogP contribution is -2.17. The second-order valence-corrected chi connectivity index (χ2v) is 8.70. The number of anilines is 1. The van der Waals surface area contributed by atoms with Crippen molar-refractivity contribution in [2.75, 3.05) is 11.1 Å². The Balaban J connectivity index is 1.99. The Kier molecular flexibility index (Phi) is 5.48. The van der Waals surface area contributed by atoms with Crippen LogP contribution in [0.25, 0.3) is 0 Å². The molecule has 0 spiro atoms. The lowest BCUT2D eigenvalue weighted by molar-refractivity contribution is -0.118. The van der Waals surface area contributed by atoms with E-state index in [0.29, 0.717) is 15.0 Å². The Bertz CT molecular complexity index is 781. The molecule has 124 valence electrons. The summed E-state index contributed by atoms with van der Waals surface area (Å²) in [5.41, 5.74) is 1.01. The zero-order valence-electron chi connectivity index (χ0n) is 13.2. The van der Waals surface area contributed by atoms with Crippen LogP contribution in [0.3, 0.4) is 0 Å². The highest BCUT2D eigenvalue weighted by Crippen LogP contribution is 2.19. The van der Waals surface area contributed by atoms with E-state index in [0.717, 1.165) is 5.56 Å². The number of nitrogens with one attached hydrogen (secondary N) is 1. The van der Waals surface area contributed by atoms with Crippen LogP contribution < -0.4 is 5.32 Å². The third-order valence-corrected chi connectivity index (χ3v) is 5.82. The van der Waals surface area contributed by atoms with Gasteiger partial charge >= 0.3 is 0 Å². The first-order valence-electron chi connectivity index (χ1n) is 7.20. The van der Waals surface area contributed by atoms with Gasteiger partial charge in [0.05, 0.1) is 10.6 Å². The molecule has 1 aromatic heterocycles. The average Bonchev–Trinajstić information content (AvgIpc) is 2.93. The number of rotatable bonds is 6. The average molecular weight is 353 g/mol. The molecule has 0 radical (unpaired) electrons. The van der Waals surface area contributed by atoms with Gasteiger partial charge in [-0.05, 0) is 19.1 Å². The number of carbonyl (C=O) groups is 1. The first kappa shape index (κ1) is 17.6. The molecular formula is C15H19N3O3S2. The first-order chi connectivity index (χ1) is 10.8. The fourth-order valence-electron chi connectivity index (χ4n) is 1.74. The van der Waals surface area contributed by atoms with Crippen LogP contribution in [0, 0.1) is 12.8 Å². The molecule has 1 aromatic carbocycles. The molecule has 0 aliphatic heterocycles. The summed E-state index contributed by atoms with van der Waals surface area (Å²) in [4.78, 5) is 11.9. The SMILES string of the molecule is Cc1ccc(S(=O)(=O)CCc2nnc(NC(=O)C(C)C)s2)cc1. The maximum Gasteiger partial charge on any atom is 0.228 e. The Morgan fingerprint density at radius 2 is 1.87 bits per heavy atom. The molecule has 0 saturated carbocycles. The maximum absolute atomic E-state index is 12.3. The molecule has 8 heteroatoms. The van der Waals surface area contributed by atoms with Crippen LogP contribution in [0.2, 0.25) is 0 Å². The van der Waals surface area contributed by atoms with Crippen molar-refractivity contribution in [1.82, 2.24) is 10.2 Å². The van der Waals surface area contributed by atoms with Gasteiger partial charge in [-0.2, -0.15) is 0 Å². The number of nitrogens with zero attached hydrogens (tertiary/aromatic N) is 2. The molecule has 0 aliphatic carbocycles. The summed E-state index contributed by atoms with van der Waals surface area (Å²) in [6.07, 6.45) is 0.269. The normalized spacial score (nSPS) is 11.7. The van der Waals surface area contributed by atoms with E-state index >= 15 is 0 Å². The number of aryl methyl sites for hydroxylation is 2. The van der Waals surface area contributed by atoms with Crippen LogP contribution in [0.4, 0.5) is 5.13 Å². The third-order valence-electron chi connectivity index (χ3n) is 3.19. The van der Waals surface area contributed by atoms with Crippen molar-refractivity contribution >= 4 is 32.2 Å². The van der Waals surface area contributed by atoms with Crippen molar-refractivity contribution < 1.29 is 13.2 Å². The second kappa shape index (κ2) is 7.18. The van der Waals surface area contributed by atoms with E-state index in [1.54, 1.807) is 38.1 Å². The molecule has 2 rings (SSSR count).